The van der Waals surface area contributed by atoms with E-state index in [0.717, 1.165) is 10.8 Å². The Morgan fingerprint density at radius 2 is 2.07 bits per heavy atom. The molecule has 0 aliphatic carbocycles. The monoisotopic (exact) mass is 400 g/mol. The number of carboxylic acid groups (broad SMARTS) is 1. The number of hydrogen-bond acceptors (Lipinski definition) is 9. The van der Waals surface area contributed by atoms with E-state index in [1.807, 2.05) is 0 Å². The van der Waals surface area contributed by atoms with Crippen molar-refractivity contribution in [2.24, 2.45) is 11.5 Å². The number of aliphatic hydroxyl groups is 3. The lowest BCUT2D eigenvalue weighted by atomic mass is 10.1. The number of aromatic carboxylic acids is 1. The summed E-state index contributed by atoms with van der Waals surface area (Å²) in [6, 6.07) is 2.58. The second-order valence-electron chi connectivity index (χ2n) is 6.08. The maximum Gasteiger partial charge on any atom is 0.364 e. The zero-order valence-corrected chi connectivity index (χ0v) is 14.6. The largest absolute Gasteiger partial charge is 0.477 e. The van der Waals surface area contributed by atoms with Crippen LogP contribution >= 0.6 is 0 Å². The summed E-state index contributed by atoms with van der Waals surface area (Å²) in [4.78, 5) is 23.2. The molecule has 1 aromatic rings. The van der Waals surface area contributed by atoms with Crippen molar-refractivity contribution in [3.05, 3.63) is 30.1 Å². The third kappa shape index (κ3) is 4.02. The molecule has 2 heterocycles. The number of nitrogens with two attached hydrogens (primary N) is 2. The van der Waals surface area contributed by atoms with Crippen molar-refractivity contribution in [3.63, 3.8) is 0 Å². The molecule has 10 N–H and O–H groups in total. The molecule has 0 spiro atoms. The Morgan fingerprint density at radius 3 is 2.64 bits per heavy atom. The highest BCUT2D eigenvalue weighted by Gasteiger charge is 2.68. The normalized spacial score (nSPS) is 29.3. The van der Waals surface area contributed by atoms with Gasteiger partial charge in [-0.15, -0.1) is 0 Å². The number of rotatable bonds is 7. The predicted molar refractivity (Wildman–Crippen MR) is 89.3 cm³/mol. The lowest BCUT2D eigenvalue weighted by Gasteiger charge is -2.29. The van der Waals surface area contributed by atoms with Crippen molar-refractivity contribution in [1.82, 2.24) is 5.32 Å². The van der Waals surface area contributed by atoms with Gasteiger partial charge in [-0.1, -0.05) is 0 Å². The molecule has 28 heavy (non-hydrogen) atoms. The molecule has 13 nitrogen and oxygen atoms in total. The lowest BCUT2D eigenvalue weighted by Crippen LogP contribution is -2.68. The van der Waals surface area contributed by atoms with E-state index < -0.39 is 42.4 Å². The van der Waals surface area contributed by atoms with Gasteiger partial charge in [-0.25, -0.2) is 10.5 Å². The van der Waals surface area contributed by atoms with E-state index in [4.69, 9.17) is 31.5 Å². The molecule has 1 fully saturated rings. The first-order valence-corrected chi connectivity index (χ1v) is 8.06. The first kappa shape index (κ1) is 21.5. The number of carboxylic acids is 1. The third-order valence-electron chi connectivity index (χ3n) is 4.11. The molecule has 13 heteroatoms. The van der Waals surface area contributed by atoms with Gasteiger partial charge in [0.05, 0.1) is 6.42 Å². The van der Waals surface area contributed by atoms with E-state index in [-0.39, 0.29) is 24.5 Å². The zero-order chi connectivity index (χ0) is 21.1. The van der Waals surface area contributed by atoms with Gasteiger partial charge in [-0.3, -0.25) is 14.9 Å². The van der Waals surface area contributed by atoms with Crippen LogP contribution in [0.3, 0.4) is 0 Å². The van der Waals surface area contributed by atoms with Crippen molar-refractivity contribution >= 4 is 17.9 Å². The SMILES string of the molecule is N=C(N)NCCC(=O)O[C@@]1(CO)O[C@](N)([n+]2cccc(C(=O)O)c2)[C@H](O)[C@@H]1O. The van der Waals surface area contributed by atoms with Crippen molar-refractivity contribution in [2.75, 3.05) is 13.2 Å². The predicted octanol–water partition coefficient (Wildman–Crippen LogP) is -3.90. The Balaban J connectivity index is 2.26. The molecule has 1 saturated heterocycles. The second kappa shape index (κ2) is 8.04. The van der Waals surface area contributed by atoms with Crippen molar-refractivity contribution in [2.45, 2.75) is 30.3 Å². The van der Waals surface area contributed by atoms with Crippen LogP contribution in [0.5, 0.6) is 0 Å². The maximum absolute atomic E-state index is 12.0. The number of aliphatic hydroxyl groups excluding tert-OH is 3. The third-order valence-corrected chi connectivity index (χ3v) is 4.11. The van der Waals surface area contributed by atoms with E-state index >= 15 is 0 Å². The van der Waals surface area contributed by atoms with Crippen molar-refractivity contribution in [1.29, 1.82) is 5.41 Å². The lowest BCUT2D eigenvalue weighted by molar-refractivity contribution is -0.817. The second-order valence-corrected chi connectivity index (χ2v) is 6.08. The molecule has 0 radical (unpaired) electrons. The van der Waals surface area contributed by atoms with Crippen LogP contribution in [0.2, 0.25) is 0 Å². The van der Waals surface area contributed by atoms with Gasteiger partial charge in [-0.05, 0) is 6.07 Å². The smallest absolute Gasteiger partial charge is 0.364 e. The summed E-state index contributed by atoms with van der Waals surface area (Å²) >= 11 is 0. The van der Waals surface area contributed by atoms with Gasteiger partial charge < -0.3 is 36.2 Å². The van der Waals surface area contributed by atoms with E-state index in [1.54, 1.807) is 0 Å². The molecule has 154 valence electrons. The van der Waals surface area contributed by atoms with Crippen molar-refractivity contribution < 1.29 is 44.1 Å². The fraction of sp³-hybridized carbons (Fsp3) is 0.467. The first-order valence-electron chi connectivity index (χ1n) is 8.06. The number of nitrogens with one attached hydrogen (secondary N) is 2. The highest BCUT2D eigenvalue weighted by atomic mass is 16.8. The molecule has 1 aromatic heterocycles. The van der Waals surface area contributed by atoms with Gasteiger partial charge in [0.25, 0.3) is 5.79 Å². The summed E-state index contributed by atoms with van der Waals surface area (Å²) < 4.78 is 11.4. The molecule has 1 aliphatic rings. The highest BCUT2D eigenvalue weighted by molar-refractivity contribution is 5.86. The zero-order valence-electron chi connectivity index (χ0n) is 14.6. The molecule has 1 aliphatic heterocycles. The number of hydrogen-bond donors (Lipinski definition) is 8. The van der Waals surface area contributed by atoms with Gasteiger partial charge in [0.1, 0.15) is 12.2 Å². The van der Waals surface area contributed by atoms with Gasteiger partial charge in [0.2, 0.25) is 0 Å². The number of carbonyl (C=O) groups is 2. The van der Waals surface area contributed by atoms with Crippen LogP contribution in [0.1, 0.15) is 16.8 Å². The van der Waals surface area contributed by atoms with E-state index in [1.165, 1.54) is 18.3 Å². The summed E-state index contributed by atoms with van der Waals surface area (Å²) in [6.07, 6.45) is -1.82. The number of esters is 1. The van der Waals surface area contributed by atoms with E-state index in [2.05, 4.69) is 5.32 Å². The average molecular weight is 400 g/mol. The van der Waals surface area contributed by atoms with Crippen LogP contribution in [0.25, 0.3) is 0 Å². The molecule has 4 atom stereocenters. The van der Waals surface area contributed by atoms with Crippen LogP contribution < -0.4 is 21.4 Å². The summed E-state index contributed by atoms with van der Waals surface area (Å²) in [7, 11) is 0. The van der Waals surface area contributed by atoms with E-state index in [0.29, 0.717) is 0 Å². The minimum absolute atomic E-state index is 0.0580. The molecule has 0 bridgehead atoms. The minimum Gasteiger partial charge on any atom is -0.477 e. The summed E-state index contributed by atoms with van der Waals surface area (Å²) in [6.45, 7) is -1.10. The Hall–Kier alpha value is -2.84. The Bertz CT molecular complexity index is 777. The number of pyridine rings is 1. The molecule has 2 rings (SSSR count). The molecule has 0 unspecified atom stereocenters. The molecular weight excluding hydrogens is 378 g/mol. The number of guanidine groups is 1. The van der Waals surface area contributed by atoms with Crippen molar-refractivity contribution in [3.8, 4) is 0 Å². The molecule has 0 amide bonds. The number of carbonyl (C=O) groups excluding carboxylic acids is 1. The first-order chi connectivity index (χ1) is 13.1. The van der Waals surface area contributed by atoms with Crippen LogP contribution in [0.15, 0.2) is 24.5 Å². The number of aromatic nitrogens is 1. The highest BCUT2D eigenvalue weighted by Crippen LogP contribution is 2.37. The number of ether oxygens (including phenoxy) is 2. The van der Waals surface area contributed by atoms with Gasteiger partial charge in [0, 0.05) is 12.6 Å². The Labute approximate surface area is 158 Å². The van der Waals surface area contributed by atoms with Crippen LogP contribution in [-0.4, -0.2) is 69.5 Å². The fourth-order valence-electron chi connectivity index (χ4n) is 2.67. The van der Waals surface area contributed by atoms with Crippen LogP contribution in [0, 0.1) is 5.41 Å². The quantitative estimate of drug-likeness (QED) is 0.0955. The topological polar surface area (TPSA) is 225 Å². The average Bonchev–Trinajstić information content (AvgIpc) is 2.84. The van der Waals surface area contributed by atoms with Gasteiger partial charge in [-0.2, -0.15) is 4.57 Å². The molecule has 0 saturated carbocycles. The number of nitrogens with zero attached hydrogens (tertiary/aromatic N) is 1. The van der Waals surface area contributed by atoms with Gasteiger partial charge in [0.15, 0.2) is 30.6 Å². The fourth-order valence-corrected chi connectivity index (χ4v) is 2.67. The molecule has 0 aromatic carbocycles. The van der Waals surface area contributed by atoms with Gasteiger partial charge >= 0.3 is 17.8 Å². The minimum atomic E-state index is -2.40. The summed E-state index contributed by atoms with van der Waals surface area (Å²) in [5, 5.41) is 48.9. The Morgan fingerprint density at radius 1 is 1.39 bits per heavy atom. The Kier molecular flexibility index (Phi) is 6.16. The van der Waals surface area contributed by atoms with E-state index in [9.17, 15) is 24.9 Å². The standard InChI is InChI=1S/C15H21N5O8/c16-13(17)19-4-3-9(22)27-14(7-21)10(23)11(24)15(18,28-14)20-5-1-2-8(6-20)12(25)26/h1-2,5-6,10-11,21,23-24H,3-4,7,18H2,(H4-,16,17,19,25,26)/p+1/t10-,11+,14-,15+/m0/s1. The maximum atomic E-state index is 12.0. The molecular formula is C15H22N5O8+. The van der Waals surface area contributed by atoms with Crippen LogP contribution in [0.4, 0.5) is 0 Å². The summed E-state index contributed by atoms with van der Waals surface area (Å²) in [5.41, 5.74) is 10.9. The summed E-state index contributed by atoms with van der Waals surface area (Å²) in [5.74, 6) is -7.22. The van der Waals surface area contributed by atoms with Crippen LogP contribution in [-0.2, 0) is 20.1 Å².